The molecule has 13 heteroatoms. The molecule has 7 unspecified atom stereocenters. The number of aliphatic hydroxyl groups is 1. The Hall–Kier alpha value is -9.25. The summed E-state index contributed by atoms with van der Waals surface area (Å²) in [4.78, 5) is 42.0. The van der Waals surface area contributed by atoms with Crippen molar-refractivity contribution in [3.8, 4) is 0 Å². The smallest absolute Gasteiger partial charge is 0.186 e. The Morgan fingerprint density at radius 1 is 0.536 bits per heavy atom. The van der Waals surface area contributed by atoms with Gasteiger partial charge in [-0.1, -0.05) is 315 Å². The summed E-state index contributed by atoms with van der Waals surface area (Å²) in [7, 11) is 0. The fourth-order valence-electron chi connectivity index (χ4n) is 11.1. The van der Waals surface area contributed by atoms with Gasteiger partial charge in [-0.25, -0.2) is 15.0 Å². The highest BCUT2D eigenvalue weighted by molar-refractivity contribution is 8.14. The van der Waals surface area contributed by atoms with Gasteiger partial charge in [0.15, 0.2) is 16.7 Å². The Labute approximate surface area is 598 Å². The van der Waals surface area contributed by atoms with E-state index in [-0.39, 0.29) is 28.9 Å². The van der Waals surface area contributed by atoms with Gasteiger partial charge in [0.2, 0.25) is 0 Å². The van der Waals surface area contributed by atoms with Gasteiger partial charge in [0, 0.05) is 29.2 Å². The number of halogens is 1. The molecule has 1 heterocycles. The number of alkyl halides is 1. The third-order valence-electron chi connectivity index (χ3n) is 16.6. The predicted molar refractivity (Wildman–Crippen MR) is 415 cm³/mol. The number of aliphatic hydroxyl groups excluding tert-OH is 1. The molecular weight excluding hydrogens is 1290 g/mol. The van der Waals surface area contributed by atoms with Crippen LogP contribution in [0.5, 0.6) is 0 Å². The lowest BCUT2D eigenvalue weighted by Gasteiger charge is -2.34. The molecule has 97 heavy (non-hydrogen) atoms. The van der Waals surface area contributed by atoms with Crippen LogP contribution in [0, 0.1) is 0 Å². The molecule has 0 fully saturated rings. The monoisotopic (exact) mass is 1370 g/mol. The van der Waals surface area contributed by atoms with E-state index in [0.717, 1.165) is 50.9 Å². The maximum Gasteiger partial charge on any atom is 0.186 e. The molecule has 0 saturated heterocycles. The molecule has 0 radical (unpaired) electrons. The van der Waals surface area contributed by atoms with Crippen molar-refractivity contribution < 1.29 is 14.7 Å². The van der Waals surface area contributed by atoms with Crippen LogP contribution in [-0.2, 0) is 22.2 Å². The predicted octanol–water partition coefficient (Wildman–Crippen LogP) is 21.8. The zero-order valence-corrected chi connectivity index (χ0v) is 59.2. The van der Waals surface area contributed by atoms with Crippen LogP contribution in [0.2, 0.25) is 0 Å². The minimum Gasteiger partial charge on any atom is -0.388 e. The number of aliphatic imine (C=N–C) groups is 4. The Balaban J connectivity index is 0.000000171. The number of isothiocyanates is 3. The normalized spacial score (nSPS) is 16.2. The van der Waals surface area contributed by atoms with Gasteiger partial charge >= 0.3 is 0 Å². The van der Waals surface area contributed by atoms with Crippen LogP contribution in [-0.4, -0.2) is 37.3 Å². The molecular formula is C84H80ClN5O3S4. The van der Waals surface area contributed by atoms with Gasteiger partial charge in [0.1, 0.15) is 5.54 Å². The van der Waals surface area contributed by atoms with Crippen molar-refractivity contribution in [2.75, 3.05) is 0 Å². The van der Waals surface area contributed by atoms with Crippen molar-refractivity contribution in [1.82, 2.24) is 0 Å². The number of carbonyl (C=O) groups excluding carboxylic acids is 2. The molecule has 7 atom stereocenters. The highest BCUT2D eigenvalue weighted by Crippen LogP contribution is 2.46. The van der Waals surface area contributed by atoms with Crippen molar-refractivity contribution in [2.45, 2.75) is 99.2 Å². The maximum absolute atomic E-state index is 12.4. The summed E-state index contributed by atoms with van der Waals surface area (Å²) >= 11 is 22.5. The van der Waals surface area contributed by atoms with Crippen LogP contribution in [0.4, 0.5) is 0 Å². The van der Waals surface area contributed by atoms with Gasteiger partial charge in [0.05, 0.1) is 43.6 Å². The molecule has 0 bridgehead atoms. The molecule has 1 aliphatic heterocycles. The zero-order valence-electron chi connectivity index (χ0n) is 55.1. The van der Waals surface area contributed by atoms with E-state index in [1.807, 2.05) is 282 Å². The highest BCUT2D eigenvalue weighted by Gasteiger charge is 2.36. The molecule has 10 aromatic rings. The van der Waals surface area contributed by atoms with E-state index >= 15 is 0 Å². The number of Topliss-reactive ketones (excluding diaryl/α,β-unsaturated/α-hetero) is 1. The maximum atomic E-state index is 12.4. The van der Waals surface area contributed by atoms with Gasteiger partial charge in [-0.3, -0.25) is 14.6 Å². The molecule has 1 aliphatic rings. The Morgan fingerprint density at radius 3 is 1.33 bits per heavy atom. The van der Waals surface area contributed by atoms with Crippen LogP contribution in [0.1, 0.15) is 142 Å². The van der Waals surface area contributed by atoms with E-state index in [1.165, 1.54) is 11.1 Å². The number of nitrogens with two attached hydrogens (primary N) is 1. The van der Waals surface area contributed by atoms with Gasteiger partial charge in [-0.15, -0.1) is 11.6 Å². The second kappa shape index (κ2) is 38.5. The number of allylic oxidation sites excluding steroid dienone is 2. The summed E-state index contributed by atoms with van der Waals surface area (Å²) in [6.07, 6.45) is 3.46. The third kappa shape index (κ3) is 23.2. The number of benzene rings is 10. The number of nitrogens with zero attached hydrogens (tertiary/aromatic N) is 4. The number of ketones is 2. The van der Waals surface area contributed by atoms with Gasteiger partial charge in [-0.05, 0) is 140 Å². The molecule has 11 rings (SSSR count). The average molecular weight is 1370 g/mol. The minimum absolute atomic E-state index is 0.0472. The van der Waals surface area contributed by atoms with E-state index in [2.05, 4.69) is 85.9 Å². The fraction of sp³-hybridized carbons (Fsp3) is 0.190. The summed E-state index contributed by atoms with van der Waals surface area (Å²) in [5.41, 5.74) is 15.2. The Bertz CT molecular complexity index is 4140. The summed E-state index contributed by atoms with van der Waals surface area (Å²) in [6, 6.07) is 98.7. The van der Waals surface area contributed by atoms with E-state index in [0.29, 0.717) is 28.8 Å². The lowest BCUT2D eigenvalue weighted by molar-refractivity contribution is 0.0955. The Morgan fingerprint density at radius 2 is 0.887 bits per heavy atom. The van der Waals surface area contributed by atoms with E-state index in [4.69, 9.17) is 59.0 Å². The molecule has 0 spiro atoms. The van der Waals surface area contributed by atoms with Crippen molar-refractivity contribution >= 4 is 97.8 Å². The number of hydrogen-bond acceptors (Lipinski definition) is 12. The molecule has 3 N–H and O–H groups in total. The fourth-order valence-corrected chi connectivity index (χ4v) is 13.4. The van der Waals surface area contributed by atoms with Gasteiger partial charge in [-0.2, -0.15) is 0 Å². The van der Waals surface area contributed by atoms with Crippen molar-refractivity contribution in [1.29, 1.82) is 0 Å². The number of rotatable bonds is 20. The molecule has 8 nitrogen and oxygen atoms in total. The third-order valence-corrected chi connectivity index (χ3v) is 18.3. The summed E-state index contributed by atoms with van der Waals surface area (Å²) in [5, 5.41) is 18.7. The summed E-state index contributed by atoms with van der Waals surface area (Å²) in [5.74, 6) is 0.0953. The molecule has 0 aliphatic carbocycles. The number of carbonyl (C=O) groups is 2. The Kier molecular flexibility index (Phi) is 29.8. The van der Waals surface area contributed by atoms with E-state index in [9.17, 15) is 14.7 Å². The SMILES string of the molecule is C/C(=C\C(=O)c1ccccc1)c1ccccc1.CC(CC(=O)c1ccccc1)(N=C=S)c1ccccc1.CC(CC(Cl)c1ccccc1)(N=C=S)c1ccccc1.CC(CC(O)c1ccccc1)(N=C=S)c1ccccc1.CC1(c2ccccc2)CC(c2ccccc2)SC(N)=N1. The molecule has 0 saturated carbocycles. The quantitative estimate of drug-likeness (QED) is 0.0254. The lowest BCUT2D eigenvalue weighted by atomic mass is 9.85. The topological polar surface area (TPSA) is 130 Å². The zero-order chi connectivity index (χ0) is 69.4. The number of amidine groups is 1. The molecule has 490 valence electrons. The number of thioether (sulfide) groups is 1. The first-order valence-corrected chi connectivity index (χ1v) is 34.3. The van der Waals surface area contributed by atoms with Crippen LogP contribution in [0.3, 0.4) is 0 Å². The standard InChI is InChI=1S/C17H16ClNS.C17H18N2S.C17H17NOS.C17H15NOS.C16H14O/c1-17(19-13-20,15-10-6-3-7-11-15)12-16(18)14-8-4-2-5-9-14;1-17(14-10-6-3-7-11-14)12-15(20-16(18)19-17)13-8-4-2-5-9-13;2*1-17(18-13-20,15-10-6-3-7-11-15)12-16(19)14-8-4-2-5-9-14;1-13(14-8-4-2-5-9-14)12-16(17)15-10-6-3-7-11-15/h2-11,16H,12H2,1H3;2-11,15H,12H2,1H3,(H2,18,19);2-11,16,19H,12H2,1H3;2-11H,12H2,1H3;2-12H,1H3/b;;;;13-12+. The first-order chi connectivity index (χ1) is 46.9. The molecule has 0 amide bonds. The minimum atomic E-state index is -0.671. The first-order valence-electron chi connectivity index (χ1n) is 31.8. The van der Waals surface area contributed by atoms with Crippen LogP contribution in [0.25, 0.3) is 5.57 Å². The summed E-state index contributed by atoms with van der Waals surface area (Å²) < 4.78 is 0. The largest absolute Gasteiger partial charge is 0.388 e. The first kappa shape index (κ1) is 75.1. The van der Waals surface area contributed by atoms with Crippen LogP contribution < -0.4 is 5.73 Å². The lowest BCUT2D eigenvalue weighted by Crippen LogP contribution is -2.30. The van der Waals surface area contributed by atoms with E-state index in [1.54, 1.807) is 17.8 Å². The second-order valence-corrected chi connectivity index (χ2v) is 26.2. The average Bonchev–Trinajstić information content (AvgIpc) is 0.812. The van der Waals surface area contributed by atoms with Gasteiger partial charge < -0.3 is 10.8 Å². The summed E-state index contributed by atoms with van der Waals surface area (Å²) in [6.45, 7) is 10.0. The number of hydrogen-bond donors (Lipinski definition) is 2. The van der Waals surface area contributed by atoms with Crippen LogP contribution >= 0.6 is 60.0 Å². The second-order valence-electron chi connectivity index (χ2n) is 23.9. The van der Waals surface area contributed by atoms with Crippen molar-refractivity contribution in [3.63, 3.8) is 0 Å². The van der Waals surface area contributed by atoms with E-state index < -0.39 is 22.7 Å². The highest BCUT2D eigenvalue weighted by atomic mass is 35.5. The molecule has 10 aromatic carbocycles. The molecule has 0 aromatic heterocycles. The van der Waals surface area contributed by atoms with Crippen molar-refractivity contribution in [3.05, 3.63) is 365 Å². The number of thiocarbonyl (C=S) groups is 3. The van der Waals surface area contributed by atoms with Crippen molar-refractivity contribution in [2.24, 2.45) is 25.7 Å². The van der Waals surface area contributed by atoms with Crippen LogP contribution in [0.15, 0.2) is 329 Å². The van der Waals surface area contributed by atoms with Gasteiger partial charge in [0.25, 0.3) is 0 Å².